The maximum absolute atomic E-state index is 12.7. The Hall–Kier alpha value is -1.09. The average Bonchev–Trinajstić information content (AvgIpc) is 2.38. The van der Waals surface area contributed by atoms with Crippen molar-refractivity contribution in [2.75, 3.05) is 6.54 Å². The maximum atomic E-state index is 12.7. The molecule has 2 rings (SSSR count). The van der Waals surface area contributed by atoms with Gasteiger partial charge in [-0.1, -0.05) is 18.5 Å². The van der Waals surface area contributed by atoms with Crippen LogP contribution in [-0.4, -0.2) is 25.3 Å². The van der Waals surface area contributed by atoms with E-state index < -0.39 is 10.0 Å². The largest absolute Gasteiger partial charge is 0.244 e. The molecule has 1 aromatic carbocycles. The van der Waals surface area contributed by atoms with Gasteiger partial charge in [0.25, 0.3) is 0 Å². The van der Waals surface area contributed by atoms with Gasteiger partial charge in [-0.3, -0.25) is 0 Å². The summed E-state index contributed by atoms with van der Waals surface area (Å²) in [7, 11) is -3.65. The van der Waals surface area contributed by atoms with Crippen molar-refractivity contribution in [3.05, 3.63) is 28.8 Å². The van der Waals surface area contributed by atoms with Gasteiger partial charge in [-0.05, 0) is 43.9 Å². The number of rotatable bonds is 2. The Morgan fingerprint density at radius 3 is 2.70 bits per heavy atom. The fourth-order valence-corrected chi connectivity index (χ4v) is 4.80. The fourth-order valence-electron chi connectivity index (χ4n) is 2.64. The van der Waals surface area contributed by atoms with Crippen molar-refractivity contribution in [3.8, 4) is 6.07 Å². The second kappa shape index (κ2) is 5.72. The molecule has 0 radical (unpaired) electrons. The molecule has 0 N–H and O–H groups in total. The molecule has 2 unspecified atom stereocenters. The van der Waals surface area contributed by atoms with Crippen molar-refractivity contribution < 1.29 is 8.42 Å². The topological polar surface area (TPSA) is 61.2 Å². The third-order valence-corrected chi connectivity index (χ3v) is 6.22. The third kappa shape index (κ3) is 2.83. The third-order valence-electron chi connectivity index (χ3n) is 3.72. The lowest BCUT2D eigenvalue weighted by molar-refractivity contribution is 0.220. The van der Waals surface area contributed by atoms with Crippen molar-refractivity contribution in [1.82, 2.24) is 4.31 Å². The molecule has 1 aliphatic heterocycles. The summed E-state index contributed by atoms with van der Waals surface area (Å²) in [5, 5.41) is 9.08. The SMILES string of the molecule is CC1CCN(S(=O)(=O)c2cc(C#N)ccc2Cl)C(C)C1. The number of benzene rings is 1. The van der Waals surface area contributed by atoms with Crippen molar-refractivity contribution in [2.45, 2.75) is 37.6 Å². The Balaban J connectivity index is 2.43. The number of hydrogen-bond acceptors (Lipinski definition) is 3. The number of halogens is 1. The highest BCUT2D eigenvalue weighted by atomic mass is 35.5. The van der Waals surface area contributed by atoms with Gasteiger partial charge >= 0.3 is 0 Å². The van der Waals surface area contributed by atoms with Gasteiger partial charge < -0.3 is 0 Å². The number of nitrogens with zero attached hydrogens (tertiary/aromatic N) is 2. The molecular weight excluding hydrogens is 296 g/mol. The molecule has 1 fully saturated rings. The van der Waals surface area contributed by atoms with Crippen LogP contribution in [0.25, 0.3) is 0 Å². The highest BCUT2D eigenvalue weighted by Gasteiger charge is 2.34. The van der Waals surface area contributed by atoms with Crippen molar-refractivity contribution in [1.29, 1.82) is 5.26 Å². The molecule has 1 saturated heterocycles. The van der Waals surface area contributed by atoms with Crippen LogP contribution < -0.4 is 0 Å². The summed E-state index contributed by atoms with van der Waals surface area (Å²) in [5.74, 6) is 0.525. The zero-order chi connectivity index (χ0) is 14.9. The molecule has 0 saturated carbocycles. The van der Waals surface area contributed by atoms with E-state index in [1.807, 2.05) is 13.0 Å². The number of piperidine rings is 1. The molecule has 4 nitrogen and oxygen atoms in total. The second-order valence-electron chi connectivity index (χ2n) is 5.35. The lowest BCUT2D eigenvalue weighted by Gasteiger charge is -2.35. The van der Waals surface area contributed by atoms with Crippen LogP contribution in [0.3, 0.4) is 0 Å². The van der Waals surface area contributed by atoms with Crippen LogP contribution in [-0.2, 0) is 10.0 Å². The minimum Gasteiger partial charge on any atom is -0.207 e. The Labute approximate surface area is 125 Å². The molecule has 108 valence electrons. The van der Waals surface area contributed by atoms with Crippen LogP contribution in [0.5, 0.6) is 0 Å². The summed E-state index contributed by atoms with van der Waals surface area (Å²) in [4.78, 5) is 0.0274. The van der Waals surface area contributed by atoms with E-state index in [4.69, 9.17) is 16.9 Å². The predicted octanol–water partition coefficient (Wildman–Crippen LogP) is 3.02. The van der Waals surface area contributed by atoms with Gasteiger partial charge in [0.1, 0.15) is 4.90 Å². The van der Waals surface area contributed by atoms with Crippen LogP contribution in [0, 0.1) is 17.2 Å². The summed E-state index contributed by atoms with van der Waals surface area (Å²) in [6.07, 6.45) is 1.69. The van der Waals surface area contributed by atoms with E-state index in [2.05, 4.69) is 6.92 Å². The maximum Gasteiger partial charge on any atom is 0.244 e. The molecule has 20 heavy (non-hydrogen) atoms. The molecule has 1 aromatic rings. The molecule has 1 heterocycles. The Kier molecular flexibility index (Phi) is 4.38. The normalized spacial score (nSPS) is 24.3. The lowest BCUT2D eigenvalue weighted by atomic mass is 9.95. The van der Waals surface area contributed by atoms with Crippen LogP contribution in [0.1, 0.15) is 32.3 Å². The van der Waals surface area contributed by atoms with Gasteiger partial charge in [-0.15, -0.1) is 0 Å². The average molecular weight is 313 g/mol. The fraction of sp³-hybridized carbons (Fsp3) is 0.500. The first kappa shape index (κ1) is 15.3. The van der Waals surface area contributed by atoms with Crippen LogP contribution in [0.4, 0.5) is 0 Å². The molecule has 0 amide bonds. The molecular formula is C14H17ClN2O2S. The van der Waals surface area contributed by atoms with E-state index in [-0.39, 0.29) is 16.0 Å². The predicted molar refractivity (Wildman–Crippen MR) is 77.9 cm³/mol. The van der Waals surface area contributed by atoms with Crippen LogP contribution in [0.15, 0.2) is 23.1 Å². The van der Waals surface area contributed by atoms with E-state index in [0.29, 0.717) is 18.0 Å². The second-order valence-corrected chi connectivity index (χ2v) is 7.62. The zero-order valence-electron chi connectivity index (χ0n) is 11.5. The van der Waals surface area contributed by atoms with Gasteiger partial charge in [0.05, 0.1) is 16.7 Å². The van der Waals surface area contributed by atoms with Crippen molar-refractivity contribution in [2.24, 2.45) is 5.92 Å². The minimum absolute atomic E-state index is 0.0274. The molecule has 0 aromatic heterocycles. The van der Waals surface area contributed by atoms with Gasteiger partial charge in [0.2, 0.25) is 10.0 Å². The Morgan fingerprint density at radius 2 is 2.10 bits per heavy atom. The number of hydrogen-bond donors (Lipinski definition) is 0. The first-order valence-electron chi connectivity index (χ1n) is 6.57. The molecule has 6 heteroatoms. The monoisotopic (exact) mass is 312 g/mol. The molecule has 0 spiro atoms. The van der Waals surface area contributed by atoms with E-state index in [1.165, 1.54) is 22.5 Å². The summed E-state index contributed by atoms with van der Waals surface area (Å²) in [6.45, 7) is 4.54. The standard InChI is InChI=1S/C14H17ClN2O2S/c1-10-5-6-17(11(2)7-10)20(18,19)14-8-12(9-16)3-4-13(14)15/h3-4,8,10-11H,5-7H2,1-2H3. The highest BCUT2D eigenvalue weighted by molar-refractivity contribution is 7.89. The van der Waals surface area contributed by atoms with Crippen molar-refractivity contribution in [3.63, 3.8) is 0 Å². The number of nitriles is 1. The van der Waals surface area contributed by atoms with Crippen LogP contribution >= 0.6 is 11.6 Å². The van der Waals surface area contributed by atoms with Gasteiger partial charge in [-0.2, -0.15) is 9.57 Å². The van der Waals surface area contributed by atoms with Crippen molar-refractivity contribution >= 4 is 21.6 Å². The Bertz CT molecular complexity index is 652. The zero-order valence-corrected chi connectivity index (χ0v) is 13.1. The van der Waals surface area contributed by atoms with E-state index >= 15 is 0 Å². The Morgan fingerprint density at radius 1 is 1.40 bits per heavy atom. The first-order valence-corrected chi connectivity index (χ1v) is 8.39. The summed E-state index contributed by atoms with van der Waals surface area (Å²) in [5.41, 5.74) is 0.297. The van der Waals surface area contributed by atoms with Gasteiger partial charge in [-0.25, -0.2) is 8.42 Å². The number of sulfonamides is 1. The summed E-state index contributed by atoms with van der Waals surface area (Å²) in [6, 6.07) is 6.22. The van der Waals surface area contributed by atoms with Gasteiger partial charge in [0.15, 0.2) is 0 Å². The molecule has 1 aliphatic rings. The van der Waals surface area contributed by atoms with E-state index in [9.17, 15) is 8.42 Å². The van der Waals surface area contributed by atoms with Crippen LogP contribution in [0.2, 0.25) is 5.02 Å². The minimum atomic E-state index is -3.65. The summed E-state index contributed by atoms with van der Waals surface area (Å²) >= 11 is 6.02. The summed E-state index contributed by atoms with van der Waals surface area (Å²) < 4.78 is 26.9. The molecule has 0 bridgehead atoms. The van der Waals surface area contributed by atoms with E-state index in [1.54, 1.807) is 0 Å². The highest BCUT2D eigenvalue weighted by Crippen LogP contribution is 2.31. The van der Waals surface area contributed by atoms with E-state index in [0.717, 1.165) is 12.8 Å². The first-order chi connectivity index (χ1) is 9.36. The van der Waals surface area contributed by atoms with Gasteiger partial charge in [0, 0.05) is 12.6 Å². The quantitative estimate of drug-likeness (QED) is 0.843. The molecule has 2 atom stereocenters. The molecule has 0 aliphatic carbocycles. The smallest absolute Gasteiger partial charge is 0.207 e. The lowest BCUT2D eigenvalue weighted by Crippen LogP contribution is -2.44.